The minimum atomic E-state index is -5.13. The number of nitrogens with one attached hydrogen (secondary N) is 1. The summed E-state index contributed by atoms with van der Waals surface area (Å²) in [5, 5.41) is 7.64. The minimum absolute atomic E-state index is 0.0242. The molecule has 0 aliphatic rings. The zero-order valence-electron chi connectivity index (χ0n) is 34.7. The van der Waals surface area contributed by atoms with Crippen molar-refractivity contribution in [3.05, 3.63) is 63.8 Å². The number of pyridine rings is 1. The number of alkyl halides is 3. The molecule has 0 fully saturated rings. The van der Waals surface area contributed by atoms with Crippen LogP contribution in [-0.4, -0.2) is 72.4 Å². The van der Waals surface area contributed by atoms with Crippen molar-refractivity contribution in [3.63, 3.8) is 0 Å². The highest BCUT2D eigenvalue weighted by Gasteiger charge is 2.61. The van der Waals surface area contributed by atoms with Crippen LogP contribution in [0.15, 0.2) is 45.6 Å². The monoisotopic (exact) mass is 810 g/mol. The maximum Gasteiger partial charge on any atom is 0.426 e. The topological polar surface area (TPSA) is 155 Å². The number of rotatable bonds is 14. The molecule has 3 aromatic rings. The number of aryl methyl sites for hydroxylation is 1. The van der Waals surface area contributed by atoms with Crippen molar-refractivity contribution in [3.8, 4) is 11.6 Å². The average molecular weight is 811 g/mol. The highest BCUT2D eigenvalue weighted by Crippen LogP contribution is 2.46. The Morgan fingerprint density at radius 1 is 0.911 bits per heavy atom. The van der Waals surface area contributed by atoms with Crippen molar-refractivity contribution in [1.82, 2.24) is 15.2 Å². The van der Waals surface area contributed by atoms with Crippen molar-refractivity contribution >= 4 is 26.2 Å². The molecule has 2 atom stereocenters. The number of anilines is 1. The second-order valence-electron chi connectivity index (χ2n) is 17.2. The number of H-pyrrole nitrogens is 1. The van der Waals surface area contributed by atoms with Gasteiger partial charge in [-0.05, 0) is 91.6 Å². The van der Waals surface area contributed by atoms with E-state index in [0.29, 0.717) is 16.9 Å². The van der Waals surface area contributed by atoms with E-state index < -0.39 is 86.2 Å². The Balaban J connectivity index is 2.09. The lowest BCUT2D eigenvalue weighted by atomic mass is 9.98. The van der Waals surface area contributed by atoms with Gasteiger partial charge in [-0.1, -0.05) is 51.1 Å². The molecule has 0 aliphatic heterocycles. The molecule has 1 N–H and O–H groups in total. The molecule has 2 amide bonds. The third-order valence-electron chi connectivity index (χ3n) is 8.94. The fraction of sp³-hybridized carbons (Fsp3) is 0.615. The number of halogens is 3. The van der Waals surface area contributed by atoms with Gasteiger partial charge in [0.25, 0.3) is 17.3 Å². The van der Waals surface area contributed by atoms with E-state index in [2.05, 4.69) is 49.0 Å². The van der Waals surface area contributed by atoms with Crippen LogP contribution in [-0.2, 0) is 35.6 Å². The fourth-order valence-corrected chi connectivity index (χ4v) is 6.48. The summed E-state index contributed by atoms with van der Waals surface area (Å²) in [6, 6.07) is 9.40. The highest BCUT2D eigenvalue weighted by molar-refractivity contribution is 6.74. The van der Waals surface area contributed by atoms with Gasteiger partial charge < -0.3 is 32.8 Å². The van der Waals surface area contributed by atoms with Gasteiger partial charge in [-0.2, -0.15) is 18.1 Å². The third kappa shape index (κ3) is 12.2. The molecule has 13 nitrogen and oxygen atoms in total. The Labute approximate surface area is 327 Å². The number of imide groups is 1. The Kier molecular flexibility index (Phi) is 14.6. The molecule has 312 valence electrons. The molecule has 2 heterocycles. The standard InChI is InChI=1S/C39H57F3N4O9Si/c1-25-23-28(46(33(48)53-35(3,4)5)34(49)54-36(6,7)8)29(43-30(25)47)31-44-45-32(52-31)38(39(40,41)42,51-24-27-17-15-14-16-18-27)20-22-50-21-19-26(2)55-56(12,13)37(9,10)11/h14-18,23,26H,19-22,24H2,1-13H3,(H,43,47)/t26-,38?/m0/s1. The predicted octanol–water partition coefficient (Wildman–Crippen LogP) is 9.59. The SMILES string of the molecule is Cc1cc(N(C(=O)OC(C)(C)C)C(=O)OC(C)(C)C)c(-c2nnc(C(CCOCC[C@H](C)O[Si](C)(C)C(C)(C)C)(OCc3ccccc3)C(F)(F)F)o2)[nH]c1=O. The van der Waals surface area contributed by atoms with Crippen LogP contribution >= 0.6 is 0 Å². The van der Waals surface area contributed by atoms with Gasteiger partial charge in [-0.15, -0.1) is 10.2 Å². The van der Waals surface area contributed by atoms with Crippen LogP contribution in [0.5, 0.6) is 0 Å². The first kappa shape index (κ1) is 46.3. The predicted molar refractivity (Wildman–Crippen MR) is 207 cm³/mol. The molecule has 0 saturated carbocycles. The van der Waals surface area contributed by atoms with E-state index in [1.807, 2.05) is 6.92 Å². The largest absolute Gasteiger partial charge is 0.443 e. The number of carbonyl (C=O) groups excluding carboxylic acids is 2. The van der Waals surface area contributed by atoms with Crippen molar-refractivity contribution in [2.45, 2.75) is 143 Å². The number of carbonyl (C=O) groups is 2. The number of hydrogen-bond donors (Lipinski definition) is 1. The van der Waals surface area contributed by atoms with Gasteiger partial charge in [0.05, 0.1) is 18.9 Å². The lowest BCUT2D eigenvalue weighted by molar-refractivity contribution is -0.302. The molecule has 1 aromatic carbocycles. The molecule has 0 radical (unpaired) electrons. The summed E-state index contributed by atoms with van der Waals surface area (Å²) in [6.45, 7) is 22.5. The molecule has 2 aromatic heterocycles. The summed E-state index contributed by atoms with van der Waals surface area (Å²) in [7, 11) is -2.08. The first-order valence-corrected chi connectivity index (χ1v) is 21.3. The van der Waals surface area contributed by atoms with Crippen LogP contribution in [0, 0.1) is 6.92 Å². The van der Waals surface area contributed by atoms with Gasteiger partial charge in [0.1, 0.15) is 16.9 Å². The van der Waals surface area contributed by atoms with Gasteiger partial charge in [-0.3, -0.25) is 4.79 Å². The molecular weight excluding hydrogens is 754 g/mol. The van der Waals surface area contributed by atoms with Crippen LogP contribution in [0.4, 0.5) is 28.4 Å². The molecule has 1 unspecified atom stereocenters. The summed E-state index contributed by atoms with van der Waals surface area (Å²) < 4.78 is 80.9. The van der Waals surface area contributed by atoms with E-state index in [0.717, 1.165) is 0 Å². The number of hydrogen-bond acceptors (Lipinski definition) is 11. The van der Waals surface area contributed by atoms with Gasteiger partial charge in [0.15, 0.2) is 8.32 Å². The Bertz CT molecular complexity index is 1820. The van der Waals surface area contributed by atoms with Crippen molar-refractivity contribution in [1.29, 1.82) is 0 Å². The maximum absolute atomic E-state index is 15.4. The minimum Gasteiger partial charge on any atom is -0.443 e. The van der Waals surface area contributed by atoms with E-state index >= 15 is 13.2 Å². The van der Waals surface area contributed by atoms with E-state index in [4.69, 9.17) is 27.8 Å². The summed E-state index contributed by atoms with van der Waals surface area (Å²) >= 11 is 0. The number of aromatic nitrogens is 3. The number of nitrogens with zero attached hydrogens (tertiary/aromatic N) is 3. The summed E-state index contributed by atoms with van der Waals surface area (Å²) in [4.78, 5) is 43.1. The van der Waals surface area contributed by atoms with E-state index in [-0.39, 0.29) is 29.0 Å². The van der Waals surface area contributed by atoms with E-state index in [1.54, 1.807) is 71.9 Å². The van der Waals surface area contributed by atoms with Gasteiger partial charge >= 0.3 is 18.4 Å². The Morgan fingerprint density at radius 3 is 2.00 bits per heavy atom. The molecule has 3 rings (SSSR count). The number of aromatic amines is 1. The van der Waals surface area contributed by atoms with E-state index in [9.17, 15) is 14.4 Å². The summed E-state index contributed by atoms with van der Waals surface area (Å²) in [5.74, 6) is -1.65. The number of ether oxygens (including phenoxy) is 4. The zero-order valence-corrected chi connectivity index (χ0v) is 35.7. The van der Waals surface area contributed by atoms with Crippen LogP contribution in [0.2, 0.25) is 18.1 Å². The van der Waals surface area contributed by atoms with Gasteiger partial charge in [0.2, 0.25) is 5.60 Å². The highest BCUT2D eigenvalue weighted by atomic mass is 28.4. The van der Waals surface area contributed by atoms with Crippen LogP contribution in [0.3, 0.4) is 0 Å². The first-order valence-electron chi connectivity index (χ1n) is 18.4. The van der Waals surface area contributed by atoms with Crippen molar-refractivity contribution < 1.29 is 50.6 Å². The first-order chi connectivity index (χ1) is 25.6. The fourth-order valence-electron chi connectivity index (χ4n) is 5.00. The normalized spacial score (nSPS) is 14.6. The molecule has 0 saturated heterocycles. The lowest BCUT2D eigenvalue weighted by Gasteiger charge is -2.38. The van der Waals surface area contributed by atoms with E-state index in [1.165, 1.54) is 13.0 Å². The molecule has 56 heavy (non-hydrogen) atoms. The van der Waals surface area contributed by atoms with Crippen molar-refractivity contribution in [2.75, 3.05) is 18.1 Å². The summed E-state index contributed by atoms with van der Waals surface area (Å²) in [5.41, 5.74) is -6.40. The van der Waals surface area contributed by atoms with Crippen molar-refractivity contribution in [2.24, 2.45) is 0 Å². The quantitative estimate of drug-likeness (QED) is 0.122. The Hall–Kier alpha value is -4.06. The number of amides is 2. The average Bonchev–Trinajstić information content (AvgIpc) is 3.52. The molecule has 17 heteroatoms. The smallest absolute Gasteiger partial charge is 0.426 e. The molecule has 0 bridgehead atoms. The molecular formula is C39H57F3N4O9Si. The van der Waals surface area contributed by atoms with Gasteiger partial charge in [-0.25, -0.2) is 9.59 Å². The third-order valence-corrected chi connectivity index (χ3v) is 13.5. The van der Waals surface area contributed by atoms with Crippen LogP contribution in [0.25, 0.3) is 11.6 Å². The second kappa shape index (κ2) is 17.6. The van der Waals surface area contributed by atoms with Crippen LogP contribution < -0.4 is 10.5 Å². The second-order valence-corrected chi connectivity index (χ2v) is 21.9. The van der Waals surface area contributed by atoms with Crippen LogP contribution in [0.1, 0.15) is 99.1 Å². The maximum atomic E-state index is 15.4. The Morgan fingerprint density at radius 2 is 1.48 bits per heavy atom. The lowest BCUT2D eigenvalue weighted by Crippen LogP contribution is -2.46. The number of benzene rings is 1. The molecule has 0 spiro atoms. The zero-order chi connectivity index (χ0) is 42.5. The van der Waals surface area contributed by atoms with Gasteiger partial charge in [0, 0.05) is 24.7 Å². The summed E-state index contributed by atoms with van der Waals surface area (Å²) in [6.07, 6.45) is -8.07. The molecule has 0 aliphatic carbocycles.